The Hall–Kier alpha value is -1.88. The predicted molar refractivity (Wildman–Crippen MR) is 63.8 cm³/mol. The van der Waals surface area contributed by atoms with Crippen LogP contribution >= 0.6 is 0 Å². The van der Waals surface area contributed by atoms with Gasteiger partial charge in [-0.2, -0.15) is 0 Å². The third-order valence-electron chi connectivity index (χ3n) is 3.02. The molecular formula is C13H15NO4. The number of benzene rings is 1. The monoisotopic (exact) mass is 249 g/mol. The van der Waals surface area contributed by atoms with Crippen LogP contribution in [0.25, 0.3) is 0 Å². The molecule has 2 unspecified atom stereocenters. The molecule has 1 amide bonds. The molecule has 1 aromatic carbocycles. The first kappa shape index (κ1) is 12.6. The molecule has 18 heavy (non-hydrogen) atoms. The quantitative estimate of drug-likeness (QED) is 0.863. The third-order valence-corrected chi connectivity index (χ3v) is 3.02. The van der Waals surface area contributed by atoms with E-state index in [4.69, 9.17) is 4.74 Å². The molecule has 5 nitrogen and oxygen atoms in total. The number of carboxylic acid groups (broad SMARTS) is 1. The number of ether oxygens (including phenoxy) is 1. The number of amides is 1. The van der Waals surface area contributed by atoms with E-state index < -0.39 is 18.1 Å². The zero-order valence-electron chi connectivity index (χ0n) is 10.1. The van der Waals surface area contributed by atoms with Gasteiger partial charge in [-0.25, -0.2) is 4.79 Å². The number of nitrogens with zero attached hydrogens (tertiary/aromatic N) is 1. The highest BCUT2D eigenvalue weighted by molar-refractivity contribution is 5.86. The van der Waals surface area contributed by atoms with Gasteiger partial charge in [-0.15, -0.1) is 0 Å². The Labute approximate surface area is 105 Å². The summed E-state index contributed by atoms with van der Waals surface area (Å²) >= 11 is 0. The van der Waals surface area contributed by atoms with E-state index in [-0.39, 0.29) is 12.5 Å². The van der Waals surface area contributed by atoms with E-state index >= 15 is 0 Å². The second-order valence-corrected chi connectivity index (χ2v) is 4.31. The molecule has 2 atom stereocenters. The van der Waals surface area contributed by atoms with Crippen LogP contribution in [0.15, 0.2) is 30.3 Å². The normalized spacial score (nSPS) is 24.1. The van der Waals surface area contributed by atoms with Gasteiger partial charge in [-0.3, -0.25) is 4.79 Å². The summed E-state index contributed by atoms with van der Waals surface area (Å²) in [5, 5.41) is 9.20. The van der Waals surface area contributed by atoms with Crippen LogP contribution in [0, 0.1) is 0 Å². The van der Waals surface area contributed by atoms with Gasteiger partial charge in [-0.05, 0) is 12.5 Å². The minimum atomic E-state index is -1.04. The molecule has 0 radical (unpaired) electrons. The van der Waals surface area contributed by atoms with Gasteiger partial charge in [0.15, 0.2) is 6.04 Å². The van der Waals surface area contributed by atoms with Crippen LogP contribution in [0.5, 0.6) is 0 Å². The fourth-order valence-corrected chi connectivity index (χ4v) is 2.09. The minimum absolute atomic E-state index is 0.0578. The van der Waals surface area contributed by atoms with Gasteiger partial charge in [-0.1, -0.05) is 30.3 Å². The smallest absolute Gasteiger partial charge is 0.329 e. The van der Waals surface area contributed by atoms with Crippen LogP contribution in [-0.4, -0.2) is 40.6 Å². The molecule has 1 saturated heterocycles. The lowest BCUT2D eigenvalue weighted by Gasteiger charge is -2.37. The number of rotatable bonds is 3. The van der Waals surface area contributed by atoms with E-state index in [9.17, 15) is 14.7 Å². The molecule has 1 N–H and O–H groups in total. The SMILES string of the molecule is CC1OCC(=O)N(Cc2ccccc2)C1C(=O)O. The van der Waals surface area contributed by atoms with Crippen LogP contribution < -0.4 is 0 Å². The first-order valence-corrected chi connectivity index (χ1v) is 5.77. The fourth-order valence-electron chi connectivity index (χ4n) is 2.09. The Morgan fingerprint density at radius 1 is 1.44 bits per heavy atom. The van der Waals surface area contributed by atoms with Gasteiger partial charge in [0, 0.05) is 6.54 Å². The van der Waals surface area contributed by atoms with E-state index in [1.807, 2.05) is 30.3 Å². The number of carbonyl (C=O) groups is 2. The maximum absolute atomic E-state index is 11.8. The lowest BCUT2D eigenvalue weighted by atomic mass is 10.1. The maximum Gasteiger partial charge on any atom is 0.329 e. The Balaban J connectivity index is 2.21. The summed E-state index contributed by atoms with van der Waals surface area (Å²) in [5.74, 6) is -1.32. The van der Waals surface area contributed by atoms with E-state index in [2.05, 4.69) is 0 Å². The van der Waals surface area contributed by atoms with Crippen LogP contribution in [-0.2, 0) is 20.9 Å². The van der Waals surface area contributed by atoms with Gasteiger partial charge in [0.25, 0.3) is 0 Å². The molecule has 1 fully saturated rings. The summed E-state index contributed by atoms with van der Waals surface area (Å²) in [6, 6.07) is 8.41. The summed E-state index contributed by atoms with van der Waals surface area (Å²) in [7, 11) is 0. The average molecular weight is 249 g/mol. The van der Waals surface area contributed by atoms with Crippen molar-refractivity contribution in [2.45, 2.75) is 25.6 Å². The van der Waals surface area contributed by atoms with Crippen LogP contribution in [0.2, 0.25) is 0 Å². The number of hydrogen-bond donors (Lipinski definition) is 1. The maximum atomic E-state index is 11.8. The summed E-state index contributed by atoms with van der Waals surface area (Å²) < 4.78 is 5.16. The summed E-state index contributed by atoms with van der Waals surface area (Å²) in [6.45, 7) is 1.91. The molecule has 5 heteroatoms. The molecule has 1 heterocycles. The molecule has 0 aromatic heterocycles. The third kappa shape index (κ3) is 2.51. The molecule has 1 aromatic rings. The minimum Gasteiger partial charge on any atom is -0.480 e. The summed E-state index contributed by atoms with van der Waals surface area (Å²) in [6.07, 6.45) is -0.496. The van der Waals surface area contributed by atoms with Crippen molar-refractivity contribution in [1.82, 2.24) is 4.90 Å². The number of carboxylic acids is 1. The Morgan fingerprint density at radius 3 is 2.72 bits per heavy atom. The molecule has 0 saturated carbocycles. The zero-order valence-corrected chi connectivity index (χ0v) is 10.1. The first-order valence-electron chi connectivity index (χ1n) is 5.77. The number of carbonyl (C=O) groups excluding carboxylic acids is 1. The molecule has 2 rings (SSSR count). The van der Waals surface area contributed by atoms with E-state index in [1.165, 1.54) is 4.90 Å². The predicted octanol–water partition coefficient (Wildman–Crippen LogP) is 0.887. The highest BCUT2D eigenvalue weighted by Gasteiger charge is 2.39. The lowest BCUT2D eigenvalue weighted by molar-refractivity contribution is -0.170. The topological polar surface area (TPSA) is 66.8 Å². The standard InChI is InChI=1S/C13H15NO4/c1-9-12(13(16)17)14(11(15)8-18-9)7-10-5-3-2-4-6-10/h2-6,9,12H,7-8H2,1H3,(H,16,17). The van der Waals surface area contributed by atoms with Crippen molar-refractivity contribution in [2.75, 3.05) is 6.61 Å². The molecule has 96 valence electrons. The molecule has 0 aliphatic carbocycles. The largest absolute Gasteiger partial charge is 0.480 e. The second kappa shape index (κ2) is 5.18. The molecule has 1 aliphatic heterocycles. The fraction of sp³-hybridized carbons (Fsp3) is 0.385. The van der Waals surface area contributed by atoms with Gasteiger partial charge >= 0.3 is 5.97 Å². The van der Waals surface area contributed by atoms with Gasteiger partial charge in [0.2, 0.25) is 5.91 Å². The van der Waals surface area contributed by atoms with E-state index in [0.29, 0.717) is 6.54 Å². The summed E-state index contributed by atoms with van der Waals surface area (Å²) in [4.78, 5) is 24.4. The molecule has 1 aliphatic rings. The van der Waals surface area contributed by atoms with Crippen molar-refractivity contribution in [1.29, 1.82) is 0 Å². The molecular weight excluding hydrogens is 234 g/mol. The number of aliphatic carboxylic acids is 1. The number of hydrogen-bond acceptors (Lipinski definition) is 3. The summed E-state index contributed by atoms with van der Waals surface area (Å²) in [5.41, 5.74) is 0.909. The van der Waals surface area contributed by atoms with Crippen molar-refractivity contribution >= 4 is 11.9 Å². The Kier molecular flexibility index (Phi) is 3.62. The van der Waals surface area contributed by atoms with Crippen LogP contribution in [0.1, 0.15) is 12.5 Å². The second-order valence-electron chi connectivity index (χ2n) is 4.31. The van der Waals surface area contributed by atoms with Gasteiger partial charge in [0.05, 0.1) is 6.10 Å². The van der Waals surface area contributed by atoms with Crippen molar-refractivity contribution in [3.05, 3.63) is 35.9 Å². The number of morpholine rings is 1. The van der Waals surface area contributed by atoms with Gasteiger partial charge in [0.1, 0.15) is 6.61 Å². The van der Waals surface area contributed by atoms with Crippen molar-refractivity contribution in [3.8, 4) is 0 Å². The first-order chi connectivity index (χ1) is 8.59. The van der Waals surface area contributed by atoms with Crippen molar-refractivity contribution < 1.29 is 19.4 Å². The van der Waals surface area contributed by atoms with Crippen LogP contribution in [0.3, 0.4) is 0 Å². The van der Waals surface area contributed by atoms with Crippen molar-refractivity contribution in [3.63, 3.8) is 0 Å². The van der Waals surface area contributed by atoms with Crippen LogP contribution in [0.4, 0.5) is 0 Å². The molecule has 0 spiro atoms. The zero-order chi connectivity index (χ0) is 13.1. The van der Waals surface area contributed by atoms with E-state index in [1.54, 1.807) is 6.92 Å². The average Bonchev–Trinajstić information content (AvgIpc) is 2.35. The molecule has 0 bridgehead atoms. The van der Waals surface area contributed by atoms with E-state index in [0.717, 1.165) is 5.56 Å². The highest BCUT2D eigenvalue weighted by atomic mass is 16.5. The van der Waals surface area contributed by atoms with Crippen molar-refractivity contribution in [2.24, 2.45) is 0 Å². The Bertz CT molecular complexity index is 446. The highest BCUT2D eigenvalue weighted by Crippen LogP contribution is 2.18. The van der Waals surface area contributed by atoms with Gasteiger partial charge < -0.3 is 14.7 Å². The Morgan fingerprint density at radius 2 is 2.11 bits per heavy atom. The lowest BCUT2D eigenvalue weighted by Crippen LogP contribution is -2.56.